The average Bonchev–Trinajstić information content (AvgIpc) is 2.89. The summed E-state index contributed by atoms with van der Waals surface area (Å²) in [4.78, 5) is 36.3. The fourth-order valence-corrected chi connectivity index (χ4v) is 3.00. The number of hydrogen-bond acceptors (Lipinski definition) is 6. The second-order valence-corrected chi connectivity index (χ2v) is 8.03. The van der Waals surface area contributed by atoms with Crippen molar-refractivity contribution in [2.75, 3.05) is 13.2 Å². The molecule has 2 N–H and O–H groups in total. The van der Waals surface area contributed by atoms with Gasteiger partial charge in [0.25, 0.3) is 11.8 Å². The molecule has 0 bridgehead atoms. The van der Waals surface area contributed by atoms with E-state index in [0.717, 1.165) is 18.4 Å². The van der Waals surface area contributed by atoms with Crippen molar-refractivity contribution in [1.29, 1.82) is 0 Å². The molecule has 0 heterocycles. The summed E-state index contributed by atoms with van der Waals surface area (Å²) in [5.74, 6) is -0.182. The van der Waals surface area contributed by atoms with Crippen LogP contribution in [0, 0.1) is 6.92 Å². The lowest BCUT2D eigenvalue weighted by Gasteiger charge is -2.07. The Morgan fingerprint density at radius 3 is 2.17 bits per heavy atom. The van der Waals surface area contributed by atoms with Gasteiger partial charge >= 0.3 is 5.97 Å². The maximum Gasteiger partial charge on any atom is 0.343 e. The van der Waals surface area contributed by atoms with Crippen LogP contribution in [-0.2, 0) is 4.79 Å². The van der Waals surface area contributed by atoms with E-state index in [1.54, 1.807) is 60.7 Å². The van der Waals surface area contributed by atoms with E-state index >= 15 is 0 Å². The van der Waals surface area contributed by atoms with Crippen molar-refractivity contribution in [1.82, 2.24) is 10.7 Å². The van der Waals surface area contributed by atoms with E-state index in [-0.39, 0.29) is 12.5 Å². The molecule has 0 aliphatic heterocycles. The van der Waals surface area contributed by atoms with Gasteiger partial charge in [-0.15, -0.1) is 0 Å². The van der Waals surface area contributed by atoms with E-state index in [1.165, 1.54) is 6.21 Å². The minimum absolute atomic E-state index is 0.204. The Hall–Kier alpha value is -4.46. The van der Waals surface area contributed by atoms with Crippen molar-refractivity contribution >= 4 is 24.0 Å². The van der Waals surface area contributed by atoms with Crippen molar-refractivity contribution in [2.45, 2.75) is 26.7 Å². The van der Waals surface area contributed by atoms with E-state index in [9.17, 15) is 14.4 Å². The van der Waals surface area contributed by atoms with Crippen LogP contribution in [-0.4, -0.2) is 37.1 Å². The monoisotopic (exact) mass is 487 g/mol. The number of hydrogen-bond donors (Lipinski definition) is 2. The molecule has 0 aliphatic carbocycles. The average molecular weight is 488 g/mol. The zero-order valence-electron chi connectivity index (χ0n) is 20.3. The number of esters is 1. The fraction of sp³-hybridized carbons (Fsp3) is 0.214. The zero-order chi connectivity index (χ0) is 25.8. The summed E-state index contributed by atoms with van der Waals surface area (Å²) in [5, 5.41) is 6.42. The van der Waals surface area contributed by atoms with Crippen molar-refractivity contribution in [3.63, 3.8) is 0 Å². The van der Waals surface area contributed by atoms with Gasteiger partial charge in [0, 0.05) is 5.56 Å². The topological polar surface area (TPSA) is 106 Å². The second kappa shape index (κ2) is 13.4. The summed E-state index contributed by atoms with van der Waals surface area (Å²) in [7, 11) is 0. The molecule has 0 spiro atoms. The highest BCUT2D eigenvalue weighted by Crippen LogP contribution is 2.16. The lowest BCUT2D eigenvalue weighted by Crippen LogP contribution is -2.34. The number of hydrazone groups is 1. The van der Waals surface area contributed by atoms with Crippen molar-refractivity contribution in [3.05, 3.63) is 95.1 Å². The Morgan fingerprint density at radius 2 is 1.50 bits per heavy atom. The Labute approximate surface area is 210 Å². The van der Waals surface area contributed by atoms with Gasteiger partial charge in [0.15, 0.2) is 0 Å². The first kappa shape index (κ1) is 26.2. The van der Waals surface area contributed by atoms with E-state index < -0.39 is 11.9 Å². The quantitative estimate of drug-likeness (QED) is 0.138. The van der Waals surface area contributed by atoms with E-state index in [4.69, 9.17) is 9.47 Å². The van der Waals surface area contributed by atoms with Crippen LogP contribution < -0.4 is 20.2 Å². The molecule has 0 saturated heterocycles. The molecule has 2 amide bonds. The number of unbranched alkanes of at least 4 members (excludes halogenated alkanes) is 1. The van der Waals surface area contributed by atoms with Gasteiger partial charge in [-0.05, 0) is 79.6 Å². The number of ether oxygens (including phenoxy) is 2. The fourth-order valence-electron chi connectivity index (χ4n) is 3.00. The van der Waals surface area contributed by atoms with Crippen LogP contribution >= 0.6 is 0 Å². The molecule has 186 valence electrons. The predicted molar refractivity (Wildman–Crippen MR) is 137 cm³/mol. The zero-order valence-corrected chi connectivity index (χ0v) is 20.3. The molecule has 0 aromatic heterocycles. The summed E-state index contributed by atoms with van der Waals surface area (Å²) in [5.41, 5.74) is 4.98. The SMILES string of the molecule is CCCCOc1ccc(C(=O)Oc2ccc(C=NNC(=O)CNC(=O)c3ccc(C)cc3)cc2)cc1. The van der Waals surface area contributed by atoms with Gasteiger partial charge in [-0.25, -0.2) is 10.2 Å². The predicted octanol–water partition coefficient (Wildman–Crippen LogP) is 4.27. The van der Waals surface area contributed by atoms with Crippen LogP contribution in [0.15, 0.2) is 77.9 Å². The molecule has 0 atom stereocenters. The van der Waals surface area contributed by atoms with Crippen LogP contribution in [0.1, 0.15) is 51.6 Å². The number of nitrogens with one attached hydrogen (secondary N) is 2. The van der Waals surface area contributed by atoms with E-state index in [0.29, 0.717) is 34.8 Å². The third kappa shape index (κ3) is 8.39. The summed E-state index contributed by atoms with van der Waals surface area (Å²) in [6, 6.07) is 20.5. The van der Waals surface area contributed by atoms with E-state index in [1.807, 2.05) is 19.1 Å². The van der Waals surface area contributed by atoms with Gasteiger partial charge in [-0.1, -0.05) is 31.0 Å². The number of nitrogens with zero attached hydrogens (tertiary/aromatic N) is 1. The molecule has 8 heteroatoms. The number of aryl methyl sites for hydroxylation is 1. The number of rotatable bonds is 11. The number of carbonyl (C=O) groups excluding carboxylic acids is 3. The lowest BCUT2D eigenvalue weighted by molar-refractivity contribution is -0.120. The summed E-state index contributed by atoms with van der Waals surface area (Å²) in [6.07, 6.45) is 3.48. The van der Waals surface area contributed by atoms with Crippen LogP contribution in [0.2, 0.25) is 0 Å². The number of amides is 2. The molecule has 3 aromatic carbocycles. The second-order valence-electron chi connectivity index (χ2n) is 8.03. The first-order valence-corrected chi connectivity index (χ1v) is 11.7. The maximum atomic E-state index is 12.4. The molecule has 0 unspecified atom stereocenters. The Bertz CT molecular complexity index is 1190. The van der Waals surface area contributed by atoms with Crippen LogP contribution in [0.25, 0.3) is 0 Å². The minimum atomic E-state index is -0.475. The van der Waals surface area contributed by atoms with E-state index in [2.05, 4.69) is 22.8 Å². The lowest BCUT2D eigenvalue weighted by atomic mass is 10.1. The summed E-state index contributed by atoms with van der Waals surface area (Å²) in [6.45, 7) is 4.46. The Kier molecular flexibility index (Phi) is 9.76. The third-order valence-electron chi connectivity index (χ3n) is 5.07. The Balaban J connectivity index is 1.42. The van der Waals surface area contributed by atoms with Gasteiger partial charge < -0.3 is 14.8 Å². The first-order valence-electron chi connectivity index (χ1n) is 11.7. The highest BCUT2D eigenvalue weighted by Gasteiger charge is 2.09. The molecule has 3 aromatic rings. The van der Waals surface area contributed by atoms with Crippen molar-refractivity contribution in [3.8, 4) is 11.5 Å². The summed E-state index contributed by atoms with van der Waals surface area (Å²) < 4.78 is 11.0. The Morgan fingerprint density at radius 1 is 0.861 bits per heavy atom. The maximum absolute atomic E-state index is 12.4. The molecule has 8 nitrogen and oxygen atoms in total. The highest BCUT2D eigenvalue weighted by atomic mass is 16.5. The minimum Gasteiger partial charge on any atom is -0.494 e. The van der Waals surface area contributed by atoms with Gasteiger partial charge in [0.1, 0.15) is 11.5 Å². The number of benzene rings is 3. The summed E-state index contributed by atoms with van der Waals surface area (Å²) >= 11 is 0. The van der Waals surface area contributed by atoms with Gasteiger partial charge in [-0.2, -0.15) is 5.10 Å². The first-order chi connectivity index (χ1) is 17.4. The van der Waals surface area contributed by atoms with Gasteiger partial charge in [-0.3, -0.25) is 9.59 Å². The molecule has 0 aliphatic rings. The standard InChI is InChI=1S/C28H29N3O5/c1-3-4-17-35-24-15-11-23(12-16-24)28(34)36-25-13-7-21(8-14-25)18-30-31-26(32)19-29-27(33)22-9-5-20(2)6-10-22/h5-16,18H,3-4,17,19H2,1-2H3,(H,29,33)(H,31,32). The third-order valence-corrected chi connectivity index (χ3v) is 5.07. The van der Waals surface area contributed by atoms with Crippen molar-refractivity contribution < 1.29 is 23.9 Å². The van der Waals surface area contributed by atoms with Crippen molar-refractivity contribution in [2.24, 2.45) is 5.10 Å². The molecule has 3 rings (SSSR count). The van der Waals surface area contributed by atoms with Gasteiger partial charge in [0.2, 0.25) is 0 Å². The normalized spacial score (nSPS) is 10.6. The molecule has 36 heavy (non-hydrogen) atoms. The number of carbonyl (C=O) groups is 3. The molecule has 0 saturated carbocycles. The molecule has 0 fully saturated rings. The highest BCUT2D eigenvalue weighted by molar-refractivity contribution is 5.96. The van der Waals surface area contributed by atoms with Crippen LogP contribution in [0.4, 0.5) is 0 Å². The molecule has 0 radical (unpaired) electrons. The molecular weight excluding hydrogens is 458 g/mol. The van der Waals surface area contributed by atoms with Gasteiger partial charge in [0.05, 0.1) is 24.9 Å². The largest absolute Gasteiger partial charge is 0.494 e. The smallest absolute Gasteiger partial charge is 0.343 e. The van der Waals surface area contributed by atoms with Crippen LogP contribution in [0.3, 0.4) is 0 Å². The molecular formula is C28H29N3O5. The van der Waals surface area contributed by atoms with Crippen LogP contribution in [0.5, 0.6) is 11.5 Å².